The summed E-state index contributed by atoms with van der Waals surface area (Å²) < 4.78 is 37.6. The Balaban J connectivity index is 1.81. The molecule has 160 valence electrons. The van der Waals surface area contributed by atoms with Crippen LogP contribution < -0.4 is 4.74 Å². The smallest absolute Gasteiger partial charge is 0.312 e. The zero-order valence-corrected chi connectivity index (χ0v) is 18.3. The second-order valence-corrected chi connectivity index (χ2v) is 9.11. The number of ether oxygens (including phenoxy) is 1. The lowest BCUT2D eigenvalue weighted by Crippen LogP contribution is -2.30. The predicted molar refractivity (Wildman–Crippen MR) is 112 cm³/mol. The summed E-state index contributed by atoms with van der Waals surface area (Å²) in [5.41, 5.74) is 0.165. The van der Waals surface area contributed by atoms with Crippen molar-refractivity contribution in [3.63, 3.8) is 0 Å². The fraction of sp³-hybridized carbons (Fsp3) is 0.316. The van der Waals surface area contributed by atoms with Crippen LogP contribution in [0.15, 0.2) is 45.0 Å². The lowest BCUT2D eigenvalue weighted by atomic mass is 10.3. The van der Waals surface area contributed by atoms with Crippen LogP contribution in [0.3, 0.4) is 0 Å². The van der Waals surface area contributed by atoms with E-state index in [9.17, 15) is 18.5 Å². The Morgan fingerprint density at radius 1 is 1.23 bits per heavy atom. The van der Waals surface area contributed by atoms with E-state index in [4.69, 9.17) is 9.15 Å². The van der Waals surface area contributed by atoms with E-state index in [1.165, 1.54) is 27.8 Å². The number of hydrogen-bond acceptors (Lipinski definition) is 8. The van der Waals surface area contributed by atoms with Gasteiger partial charge in [-0.2, -0.15) is 4.31 Å². The molecule has 0 N–H and O–H groups in total. The van der Waals surface area contributed by atoms with Gasteiger partial charge in [-0.1, -0.05) is 13.8 Å². The molecule has 0 saturated carbocycles. The van der Waals surface area contributed by atoms with Gasteiger partial charge in [0, 0.05) is 24.5 Å². The van der Waals surface area contributed by atoms with E-state index < -0.39 is 20.6 Å². The number of hydrogen-bond donors (Lipinski definition) is 0. The third kappa shape index (κ3) is 4.53. The quantitative estimate of drug-likeness (QED) is 0.353. The van der Waals surface area contributed by atoms with Crippen LogP contribution in [0.1, 0.15) is 25.3 Å². The number of nitrogens with zero attached hydrogens (tertiary/aromatic N) is 3. The Kier molecular flexibility index (Phi) is 6.54. The van der Waals surface area contributed by atoms with E-state index in [2.05, 4.69) is 4.98 Å². The molecule has 0 saturated heterocycles. The minimum Gasteiger partial charge on any atom is -0.480 e. The van der Waals surface area contributed by atoms with E-state index in [0.29, 0.717) is 16.5 Å². The fourth-order valence-corrected chi connectivity index (χ4v) is 5.07. The summed E-state index contributed by atoms with van der Waals surface area (Å²) in [5, 5.41) is 14.0. The zero-order valence-electron chi connectivity index (χ0n) is 16.7. The van der Waals surface area contributed by atoms with Crippen LogP contribution in [0.25, 0.3) is 10.8 Å². The van der Waals surface area contributed by atoms with Gasteiger partial charge in [0.05, 0.1) is 15.5 Å². The van der Waals surface area contributed by atoms with Crippen molar-refractivity contribution in [3.8, 4) is 16.5 Å². The van der Waals surface area contributed by atoms with Gasteiger partial charge < -0.3 is 9.15 Å². The second kappa shape index (κ2) is 8.94. The maximum absolute atomic E-state index is 12.6. The molecule has 0 radical (unpaired) electrons. The van der Waals surface area contributed by atoms with Crippen LogP contribution in [-0.2, 0) is 16.6 Å². The van der Waals surface area contributed by atoms with Gasteiger partial charge in [-0.15, -0.1) is 11.3 Å². The highest BCUT2D eigenvalue weighted by atomic mass is 32.2. The van der Waals surface area contributed by atoms with Gasteiger partial charge in [0.25, 0.3) is 0 Å². The van der Waals surface area contributed by atoms with Crippen LogP contribution in [0, 0.1) is 17.0 Å². The molecule has 3 aromatic rings. The molecule has 1 aromatic carbocycles. The number of thiazole rings is 1. The largest absolute Gasteiger partial charge is 0.480 e. The molecule has 0 unspecified atom stereocenters. The Morgan fingerprint density at radius 2 is 1.97 bits per heavy atom. The van der Waals surface area contributed by atoms with Crippen LogP contribution >= 0.6 is 11.3 Å². The molecule has 30 heavy (non-hydrogen) atoms. The standard InChI is InChI=1S/C19H21N3O6S2/c1-4-21(5-2)30(25,26)15-7-9-17(16(10-15)22(23)24)27-11-14-12-29-19(20-14)18-8-6-13(3)28-18/h6-10,12H,4-5,11H2,1-3H3. The number of aromatic nitrogens is 1. The number of nitro benzene ring substituents is 1. The Morgan fingerprint density at radius 3 is 2.57 bits per heavy atom. The van der Waals surface area contributed by atoms with E-state index in [1.807, 2.05) is 19.1 Å². The zero-order chi connectivity index (χ0) is 21.9. The summed E-state index contributed by atoms with van der Waals surface area (Å²) in [6.45, 7) is 5.79. The normalized spacial score (nSPS) is 11.7. The van der Waals surface area contributed by atoms with Crippen molar-refractivity contribution in [1.82, 2.24) is 9.29 Å². The van der Waals surface area contributed by atoms with Gasteiger partial charge in [0.2, 0.25) is 10.0 Å². The average Bonchev–Trinajstić information content (AvgIpc) is 3.35. The molecule has 2 aromatic heterocycles. The third-order valence-corrected chi connectivity index (χ3v) is 7.30. The van der Waals surface area contributed by atoms with Crippen molar-refractivity contribution in [2.24, 2.45) is 0 Å². The minimum absolute atomic E-state index is 0.000821. The summed E-state index contributed by atoms with van der Waals surface area (Å²) >= 11 is 1.37. The van der Waals surface area contributed by atoms with E-state index in [1.54, 1.807) is 19.2 Å². The Labute approximate surface area is 178 Å². The monoisotopic (exact) mass is 451 g/mol. The second-order valence-electron chi connectivity index (χ2n) is 6.32. The highest BCUT2D eigenvalue weighted by molar-refractivity contribution is 7.89. The van der Waals surface area contributed by atoms with Crippen molar-refractivity contribution in [2.45, 2.75) is 32.3 Å². The molecule has 0 fully saturated rings. The van der Waals surface area contributed by atoms with Gasteiger partial charge in [-0.05, 0) is 31.2 Å². The van der Waals surface area contributed by atoms with E-state index >= 15 is 0 Å². The van der Waals surface area contributed by atoms with Gasteiger partial charge in [0.15, 0.2) is 16.5 Å². The average molecular weight is 452 g/mol. The van der Waals surface area contributed by atoms with Crippen molar-refractivity contribution >= 4 is 27.0 Å². The molecular formula is C19H21N3O6S2. The number of rotatable bonds is 9. The maximum atomic E-state index is 12.6. The lowest BCUT2D eigenvalue weighted by Gasteiger charge is -2.18. The van der Waals surface area contributed by atoms with Crippen molar-refractivity contribution in [1.29, 1.82) is 0 Å². The van der Waals surface area contributed by atoms with Gasteiger partial charge in [0.1, 0.15) is 12.4 Å². The molecule has 2 heterocycles. The first kappa shape index (κ1) is 21.9. The van der Waals surface area contributed by atoms with Crippen molar-refractivity contribution < 1.29 is 22.5 Å². The van der Waals surface area contributed by atoms with Crippen molar-refractivity contribution in [3.05, 3.63) is 57.3 Å². The van der Waals surface area contributed by atoms with Gasteiger partial charge in [-0.3, -0.25) is 10.1 Å². The van der Waals surface area contributed by atoms with Crippen LogP contribution in [0.5, 0.6) is 5.75 Å². The molecule has 0 amide bonds. The maximum Gasteiger partial charge on any atom is 0.312 e. The predicted octanol–water partition coefficient (Wildman–Crippen LogP) is 4.23. The molecule has 0 aliphatic rings. The fourth-order valence-electron chi connectivity index (χ4n) is 2.82. The number of aryl methyl sites for hydroxylation is 1. The number of sulfonamides is 1. The topological polar surface area (TPSA) is 116 Å². The molecular weight excluding hydrogens is 430 g/mol. The lowest BCUT2D eigenvalue weighted by molar-refractivity contribution is -0.386. The molecule has 0 bridgehead atoms. The molecule has 0 aliphatic carbocycles. The highest BCUT2D eigenvalue weighted by Gasteiger charge is 2.26. The van der Waals surface area contributed by atoms with Crippen LogP contribution in [0.2, 0.25) is 0 Å². The van der Waals surface area contributed by atoms with Crippen molar-refractivity contribution in [2.75, 3.05) is 13.1 Å². The first-order valence-electron chi connectivity index (χ1n) is 9.18. The third-order valence-electron chi connectivity index (χ3n) is 4.35. The molecule has 9 nitrogen and oxygen atoms in total. The van der Waals surface area contributed by atoms with E-state index in [-0.39, 0.29) is 30.3 Å². The molecule has 0 spiro atoms. The first-order chi connectivity index (χ1) is 14.3. The number of benzene rings is 1. The molecule has 3 rings (SSSR count). The summed E-state index contributed by atoms with van der Waals surface area (Å²) in [6.07, 6.45) is 0. The molecule has 0 atom stereocenters. The van der Waals surface area contributed by atoms with Crippen LogP contribution in [-0.4, -0.2) is 35.7 Å². The van der Waals surface area contributed by atoms with Crippen LogP contribution in [0.4, 0.5) is 5.69 Å². The Bertz CT molecular complexity index is 1150. The summed E-state index contributed by atoms with van der Waals surface area (Å²) in [5.74, 6) is 1.39. The summed E-state index contributed by atoms with van der Waals surface area (Å²) in [7, 11) is -3.81. The number of furan rings is 1. The van der Waals surface area contributed by atoms with Gasteiger partial charge in [-0.25, -0.2) is 13.4 Å². The van der Waals surface area contributed by atoms with E-state index in [0.717, 1.165) is 11.8 Å². The summed E-state index contributed by atoms with van der Waals surface area (Å²) in [4.78, 5) is 15.1. The first-order valence-corrected chi connectivity index (χ1v) is 11.5. The SMILES string of the molecule is CCN(CC)S(=O)(=O)c1ccc(OCc2csc(-c3ccc(C)o3)n2)c([N+](=O)[O-])c1. The Hall–Kier alpha value is -2.76. The van der Waals surface area contributed by atoms with Gasteiger partial charge >= 0.3 is 5.69 Å². The highest BCUT2D eigenvalue weighted by Crippen LogP contribution is 2.32. The summed E-state index contributed by atoms with van der Waals surface area (Å²) in [6, 6.07) is 7.30. The molecule has 11 heteroatoms. The molecule has 0 aliphatic heterocycles. The number of nitro groups is 1. The minimum atomic E-state index is -3.81.